The summed E-state index contributed by atoms with van der Waals surface area (Å²) in [5.74, 6) is -0.891. The van der Waals surface area contributed by atoms with E-state index in [1.165, 1.54) is 28.6 Å². The summed E-state index contributed by atoms with van der Waals surface area (Å²) in [6.45, 7) is 7.98. The highest BCUT2D eigenvalue weighted by Crippen LogP contribution is 2.37. The molecule has 1 heterocycles. The lowest BCUT2D eigenvalue weighted by Crippen LogP contribution is -2.30. The fraction of sp³-hybridized carbons (Fsp3) is 0.286. The van der Waals surface area contributed by atoms with Crippen molar-refractivity contribution in [2.24, 2.45) is 10.2 Å². The molecule has 0 spiro atoms. The summed E-state index contributed by atoms with van der Waals surface area (Å²) in [4.78, 5) is 15.4. The minimum absolute atomic E-state index is 0.0217. The molecule has 0 saturated carbocycles. The Morgan fingerprint density at radius 3 is 2.50 bits per heavy atom. The third-order valence-corrected chi connectivity index (χ3v) is 6.91. The number of hydrogen-bond donors (Lipinski definition) is 2. The number of aromatic nitrogens is 1. The van der Waals surface area contributed by atoms with Crippen molar-refractivity contribution in [3.8, 4) is 5.88 Å². The minimum Gasteiger partial charge on any atom is -0.493 e. The predicted molar refractivity (Wildman–Crippen MR) is 115 cm³/mol. The molecule has 158 valence electrons. The number of nitrogens with zero attached hydrogens (tertiary/aromatic N) is 3. The van der Waals surface area contributed by atoms with Gasteiger partial charge in [-0.25, -0.2) is 8.42 Å². The zero-order valence-corrected chi connectivity index (χ0v) is 18.1. The molecule has 3 rings (SSSR count). The SMILES string of the molecule is CCN(CC)S(=O)(=O)c1cccc(C(=O)N=Nc2c(O)[nH]c3c(C)cc(C)cc23)c1. The first-order valence-electron chi connectivity index (χ1n) is 9.57. The number of rotatable bonds is 6. The van der Waals surface area contributed by atoms with E-state index in [0.717, 1.165) is 11.1 Å². The van der Waals surface area contributed by atoms with Crippen molar-refractivity contribution < 1.29 is 18.3 Å². The molecule has 0 bridgehead atoms. The van der Waals surface area contributed by atoms with Gasteiger partial charge in [0.2, 0.25) is 15.9 Å². The highest BCUT2D eigenvalue weighted by Gasteiger charge is 2.22. The molecular formula is C21H24N4O4S. The number of carbonyl (C=O) groups is 1. The molecule has 2 N–H and O–H groups in total. The van der Waals surface area contributed by atoms with Crippen LogP contribution in [0.3, 0.4) is 0 Å². The fourth-order valence-corrected chi connectivity index (χ4v) is 4.89. The van der Waals surface area contributed by atoms with Crippen LogP contribution in [0.2, 0.25) is 0 Å². The Kier molecular flexibility index (Phi) is 6.04. The maximum Gasteiger partial charge on any atom is 0.295 e. The van der Waals surface area contributed by atoms with Crippen LogP contribution < -0.4 is 0 Å². The molecular weight excluding hydrogens is 404 g/mol. The number of nitrogens with one attached hydrogen (secondary N) is 1. The van der Waals surface area contributed by atoms with Gasteiger partial charge in [0.05, 0.1) is 10.4 Å². The van der Waals surface area contributed by atoms with Crippen molar-refractivity contribution in [1.82, 2.24) is 9.29 Å². The lowest BCUT2D eigenvalue weighted by Gasteiger charge is -2.18. The number of amides is 1. The van der Waals surface area contributed by atoms with Gasteiger partial charge in [-0.3, -0.25) is 4.79 Å². The first-order valence-corrected chi connectivity index (χ1v) is 11.0. The van der Waals surface area contributed by atoms with E-state index >= 15 is 0 Å². The molecule has 3 aromatic rings. The summed E-state index contributed by atoms with van der Waals surface area (Å²) in [5.41, 5.74) is 2.89. The van der Waals surface area contributed by atoms with E-state index < -0.39 is 15.9 Å². The van der Waals surface area contributed by atoms with Crippen LogP contribution in [-0.4, -0.2) is 41.8 Å². The largest absolute Gasteiger partial charge is 0.493 e. The van der Waals surface area contributed by atoms with Gasteiger partial charge in [-0.15, -0.1) is 10.2 Å². The number of fused-ring (bicyclic) bond motifs is 1. The summed E-state index contributed by atoms with van der Waals surface area (Å²) >= 11 is 0. The van der Waals surface area contributed by atoms with Crippen molar-refractivity contribution in [2.75, 3.05) is 13.1 Å². The van der Waals surface area contributed by atoms with Gasteiger partial charge >= 0.3 is 0 Å². The molecule has 8 nitrogen and oxygen atoms in total. The quantitative estimate of drug-likeness (QED) is 0.565. The first kappa shape index (κ1) is 21.7. The summed E-state index contributed by atoms with van der Waals surface area (Å²) < 4.78 is 26.7. The Labute approximate surface area is 175 Å². The molecule has 1 amide bonds. The zero-order valence-electron chi connectivity index (χ0n) is 17.3. The second-order valence-electron chi connectivity index (χ2n) is 6.95. The number of sulfonamides is 1. The highest BCUT2D eigenvalue weighted by molar-refractivity contribution is 7.89. The molecule has 9 heteroatoms. The van der Waals surface area contributed by atoms with Crippen LogP contribution in [0.15, 0.2) is 51.5 Å². The lowest BCUT2D eigenvalue weighted by atomic mass is 10.1. The normalized spacial score (nSPS) is 12.3. The fourth-order valence-electron chi connectivity index (χ4n) is 3.38. The smallest absolute Gasteiger partial charge is 0.295 e. The van der Waals surface area contributed by atoms with Gasteiger partial charge in [0, 0.05) is 24.0 Å². The van der Waals surface area contributed by atoms with Crippen molar-refractivity contribution in [1.29, 1.82) is 0 Å². The average Bonchev–Trinajstić information content (AvgIpc) is 3.02. The van der Waals surface area contributed by atoms with Crippen LogP contribution in [-0.2, 0) is 10.0 Å². The van der Waals surface area contributed by atoms with Gasteiger partial charge in [0.15, 0.2) is 5.69 Å². The Morgan fingerprint density at radius 1 is 1.13 bits per heavy atom. The number of aryl methyl sites for hydroxylation is 2. The van der Waals surface area contributed by atoms with Crippen LogP contribution in [0.25, 0.3) is 10.9 Å². The Balaban J connectivity index is 1.95. The molecule has 0 atom stereocenters. The summed E-state index contributed by atoms with van der Waals surface area (Å²) in [5, 5.41) is 18.5. The number of H-pyrrole nitrogens is 1. The first-order chi connectivity index (χ1) is 14.2. The van der Waals surface area contributed by atoms with E-state index in [1.54, 1.807) is 13.8 Å². The number of aromatic hydroxyl groups is 1. The van der Waals surface area contributed by atoms with Gasteiger partial charge in [0.1, 0.15) is 0 Å². The number of azo groups is 1. The van der Waals surface area contributed by atoms with Gasteiger partial charge in [-0.05, 0) is 43.7 Å². The average molecular weight is 429 g/mol. The second kappa shape index (κ2) is 8.37. The van der Waals surface area contributed by atoms with Crippen LogP contribution in [0, 0.1) is 13.8 Å². The topological polar surface area (TPSA) is 115 Å². The van der Waals surface area contributed by atoms with Crippen molar-refractivity contribution in [3.63, 3.8) is 0 Å². The van der Waals surface area contributed by atoms with Gasteiger partial charge < -0.3 is 10.1 Å². The molecule has 1 aromatic heterocycles. The molecule has 0 radical (unpaired) electrons. The molecule has 0 aliphatic rings. The predicted octanol–water partition coefficient (Wildman–Crippen LogP) is 4.44. The number of benzene rings is 2. The van der Waals surface area contributed by atoms with E-state index in [4.69, 9.17) is 0 Å². The van der Waals surface area contributed by atoms with E-state index in [-0.39, 0.29) is 22.0 Å². The van der Waals surface area contributed by atoms with Gasteiger partial charge in [-0.1, -0.05) is 31.5 Å². The Hall–Kier alpha value is -3.04. The number of aromatic amines is 1. The Morgan fingerprint density at radius 2 is 1.83 bits per heavy atom. The zero-order chi connectivity index (χ0) is 22.1. The van der Waals surface area contributed by atoms with Crippen LogP contribution in [0.4, 0.5) is 5.69 Å². The van der Waals surface area contributed by atoms with Crippen molar-refractivity contribution in [2.45, 2.75) is 32.6 Å². The Bertz CT molecular complexity index is 1240. The van der Waals surface area contributed by atoms with Gasteiger partial charge in [0.25, 0.3) is 5.91 Å². The third kappa shape index (κ3) is 3.99. The maximum absolute atomic E-state index is 12.7. The number of carbonyl (C=O) groups excluding carboxylic acids is 1. The molecule has 2 aromatic carbocycles. The van der Waals surface area contributed by atoms with Crippen molar-refractivity contribution >= 4 is 32.5 Å². The third-order valence-electron chi connectivity index (χ3n) is 4.87. The van der Waals surface area contributed by atoms with E-state index in [9.17, 15) is 18.3 Å². The van der Waals surface area contributed by atoms with E-state index in [1.807, 2.05) is 26.0 Å². The minimum atomic E-state index is -3.70. The maximum atomic E-state index is 12.7. The van der Waals surface area contributed by atoms with E-state index in [0.29, 0.717) is 24.0 Å². The van der Waals surface area contributed by atoms with Crippen LogP contribution in [0.5, 0.6) is 5.88 Å². The van der Waals surface area contributed by atoms with Crippen molar-refractivity contribution in [3.05, 3.63) is 53.1 Å². The second-order valence-corrected chi connectivity index (χ2v) is 8.89. The molecule has 0 unspecified atom stereocenters. The molecule has 0 aliphatic heterocycles. The highest BCUT2D eigenvalue weighted by atomic mass is 32.2. The van der Waals surface area contributed by atoms with E-state index in [2.05, 4.69) is 15.2 Å². The van der Waals surface area contributed by atoms with Gasteiger partial charge in [-0.2, -0.15) is 4.31 Å². The number of hydrogen-bond acceptors (Lipinski definition) is 5. The lowest BCUT2D eigenvalue weighted by molar-refractivity contribution is 0.0995. The summed E-state index contributed by atoms with van der Waals surface area (Å²) in [7, 11) is -3.70. The molecule has 30 heavy (non-hydrogen) atoms. The molecule has 0 aliphatic carbocycles. The summed E-state index contributed by atoms with van der Waals surface area (Å²) in [6, 6.07) is 9.51. The molecule has 0 saturated heterocycles. The summed E-state index contributed by atoms with van der Waals surface area (Å²) in [6.07, 6.45) is 0. The standard InChI is InChI=1S/C21H24N4O4S/c1-5-25(6-2)30(28,29)16-9-7-8-15(12-16)20(26)24-23-19-17-11-13(3)10-14(4)18(17)22-21(19)27/h7-12,22,27H,5-6H2,1-4H3. The molecule has 0 fully saturated rings. The van der Waals surface area contributed by atoms with Crippen LogP contribution >= 0.6 is 0 Å². The van der Waals surface area contributed by atoms with Crippen LogP contribution in [0.1, 0.15) is 35.3 Å². The monoisotopic (exact) mass is 428 g/mol.